The van der Waals surface area contributed by atoms with Crippen molar-refractivity contribution >= 4 is 24.8 Å². The van der Waals surface area contributed by atoms with Crippen LogP contribution in [0.4, 0.5) is 0 Å². The van der Waals surface area contributed by atoms with Crippen LogP contribution in [-0.2, 0) is 0 Å². The van der Waals surface area contributed by atoms with E-state index in [-0.39, 0.29) is 24.8 Å². The Bertz CT molecular complexity index is 70.1. The number of hydrogen-bond donors (Lipinski definition) is 2. The lowest BCUT2D eigenvalue weighted by Gasteiger charge is -2.25. The molecule has 1 rings (SSSR count). The Morgan fingerprint density at radius 2 is 2.00 bits per heavy atom. The van der Waals surface area contributed by atoms with E-state index in [4.69, 9.17) is 5.73 Å². The summed E-state index contributed by atoms with van der Waals surface area (Å²) in [5.74, 6) is 0.670. The summed E-state index contributed by atoms with van der Waals surface area (Å²) in [5, 5.41) is 3.28. The first kappa shape index (κ1) is 13.1. The fourth-order valence-corrected chi connectivity index (χ4v) is 1.03. The molecule has 0 radical (unpaired) electrons. The molecule has 1 aliphatic rings. The molecule has 2 nitrogen and oxygen atoms in total. The van der Waals surface area contributed by atoms with Gasteiger partial charge in [0.1, 0.15) is 0 Å². The summed E-state index contributed by atoms with van der Waals surface area (Å²) in [6, 6.07) is 0.441. The first-order valence-corrected chi connectivity index (χ1v) is 3.27. The lowest BCUT2D eigenvalue weighted by molar-refractivity contribution is 0.349. The second-order valence-corrected chi connectivity index (χ2v) is 2.63. The number of rotatable bonds is 0. The van der Waals surface area contributed by atoms with Crippen LogP contribution in [-0.4, -0.2) is 19.1 Å². The summed E-state index contributed by atoms with van der Waals surface area (Å²) < 4.78 is 0. The predicted molar refractivity (Wildman–Crippen MR) is 49.1 cm³/mol. The highest BCUT2D eigenvalue weighted by Crippen LogP contribution is 2.06. The average Bonchev–Trinajstić information content (AvgIpc) is 1.77. The van der Waals surface area contributed by atoms with Gasteiger partial charge in [-0.25, -0.2) is 0 Å². The lowest BCUT2D eigenvalue weighted by atomic mass is 9.97. The zero-order valence-corrected chi connectivity index (χ0v) is 7.80. The zero-order valence-electron chi connectivity index (χ0n) is 6.17. The van der Waals surface area contributed by atoms with Gasteiger partial charge >= 0.3 is 0 Å². The number of hydrogen-bond acceptors (Lipinski definition) is 2. The molecule has 10 heavy (non-hydrogen) atoms. The molecule has 1 fully saturated rings. The molecule has 0 unspecified atom stereocenters. The van der Waals surface area contributed by atoms with Crippen molar-refractivity contribution < 1.29 is 0 Å². The van der Waals surface area contributed by atoms with Gasteiger partial charge in [0.05, 0.1) is 0 Å². The predicted octanol–water partition coefficient (Wildman–Crippen LogP) is 0.787. The van der Waals surface area contributed by atoms with E-state index in [1.54, 1.807) is 0 Å². The Balaban J connectivity index is 0. The van der Waals surface area contributed by atoms with Gasteiger partial charge in [-0.3, -0.25) is 0 Å². The molecular weight excluding hydrogens is 171 g/mol. The minimum atomic E-state index is 0. The minimum absolute atomic E-state index is 0. The molecule has 0 aromatic rings. The van der Waals surface area contributed by atoms with Crippen molar-refractivity contribution in [1.82, 2.24) is 5.32 Å². The van der Waals surface area contributed by atoms with Gasteiger partial charge in [-0.05, 0) is 25.4 Å². The summed E-state index contributed by atoms with van der Waals surface area (Å²) in [7, 11) is 0. The van der Waals surface area contributed by atoms with Crippen LogP contribution < -0.4 is 11.1 Å². The molecule has 64 valence electrons. The molecule has 0 bridgehead atoms. The van der Waals surface area contributed by atoms with Crippen molar-refractivity contribution in [2.45, 2.75) is 19.4 Å². The second kappa shape index (κ2) is 6.23. The lowest BCUT2D eigenvalue weighted by Crippen LogP contribution is -2.43. The minimum Gasteiger partial charge on any atom is -0.327 e. The maximum atomic E-state index is 5.74. The largest absolute Gasteiger partial charge is 0.327 e. The third-order valence-electron chi connectivity index (χ3n) is 1.85. The van der Waals surface area contributed by atoms with Crippen molar-refractivity contribution in [3.63, 3.8) is 0 Å². The number of piperidine rings is 1. The summed E-state index contributed by atoms with van der Waals surface area (Å²) in [6.45, 7) is 4.39. The van der Waals surface area contributed by atoms with Crippen LogP contribution in [0.2, 0.25) is 0 Å². The van der Waals surface area contributed by atoms with E-state index in [0.29, 0.717) is 12.0 Å². The monoisotopic (exact) mass is 186 g/mol. The summed E-state index contributed by atoms with van der Waals surface area (Å²) in [5.41, 5.74) is 5.74. The highest BCUT2D eigenvalue weighted by molar-refractivity contribution is 5.85. The van der Waals surface area contributed by atoms with E-state index in [2.05, 4.69) is 12.2 Å². The Morgan fingerprint density at radius 3 is 2.30 bits per heavy atom. The van der Waals surface area contributed by atoms with Crippen LogP contribution in [0, 0.1) is 5.92 Å². The van der Waals surface area contributed by atoms with Crippen LogP contribution in [0.3, 0.4) is 0 Å². The smallest absolute Gasteiger partial charge is 0.00887 e. The molecule has 0 aromatic heterocycles. The van der Waals surface area contributed by atoms with Crippen LogP contribution in [0.5, 0.6) is 0 Å². The summed E-state index contributed by atoms with van der Waals surface area (Å²) in [6.07, 6.45) is 1.14. The summed E-state index contributed by atoms with van der Waals surface area (Å²) >= 11 is 0. The van der Waals surface area contributed by atoms with Gasteiger partial charge in [0, 0.05) is 6.04 Å². The Hall–Kier alpha value is 0.500. The fraction of sp³-hybridized carbons (Fsp3) is 1.00. The van der Waals surface area contributed by atoms with Crippen molar-refractivity contribution in [1.29, 1.82) is 0 Å². The molecule has 0 aliphatic carbocycles. The third kappa shape index (κ3) is 3.62. The Labute approximate surface area is 74.8 Å². The second-order valence-electron chi connectivity index (χ2n) is 2.63. The normalized spacial score (nSPS) is 31.8. The van der Waals surface area contributed by atoms with Crippen LogP contribution in [0.15, 0.2) is 0 Å². The van der Waals surface area contributed by atoms with E-state index in [1.807, 2.05) is 0 Å². The van der Waals surface area contributed by atoms with Crippen molar-refractivity contribution in [3.05, 3.63) is 0 Å². The van der Waals surface area contributed by atoms with E-state index in [1.165, 1.54) is 0 Å². The molecule has 0 spiro atoms. The molecule has 4 heteroatoms. The topological polar surface area (TPSA) is 38.0 Å². The Morgan fingerprint density at radius 1 is 1.40 bits per heavy atom. The molecule has 0 saturated carbocycles. The van der Waals surface area contributed by atoms with Gasteiger partial charge in [0.15, 0.2) is 0 Å². The highest BCUT2D eigenvalue weighted by atomic mass is 35.5. The van der Waals surface area contributed by atoms with Gasteiger partial charge < -0.3 is 11.1 Å². The molecule has 1 aliphatic heterocycles. The molecule has 3 N–H and O–H groups in total. The van der Waals surface area contributed by atoms with Gasteiger partial charge in [0.2, 0.25) is 0 Å². The summed E-state index contributed by atoms with van der Waals surface area (Å²) in [4.78, 5) is 0. The van der Waals surface area contributed by atoms with Crippen molar-refractivity contribution in [2.24, 2.45) is 11.7 Å². The van der Waals surface area contributed by atoms with Gasteiger partial charge in [0.25, 0.3) is 0 Å². The number of nitrogens with one attached hydrogen (secondary N) is 1. The van der Waals surface area contributed by atoms with Gasteiger partial charge in [-0.15, -0.1) is 24.8 Å². The average molecular weight is 187 g/mol. The SMILES string of the molecule is C[C@H]1CNCC[C@H]1N.Cl.Cl. The molecule has 1 saturated heterocycles. The van der Waals surface area contributed by atoms with Gasteiger partial charge in [-0.2, -0.15) is 0 Å². The first-order valence-electron chi connectivity index (χ1n) is 3.27. The van der Waals surface area contributed by atoms with Crippen LogP contribution in [0.25, 0.3) is 0 Å². The number of halogens is 2. The highest BCUT2D eigenvalue weighted by Gasteiger charge is 2.15. The molecular formula is C6H16Cl2N2. The van der Waals surface area contributed by atoms with E-state index >= 15 is 0 Å². The van der Waals surface area contributed by atoms with E-state index < -0.39 is 0 Å². The van der Waals surface area contributed by atoms with Crippen molar-refractivity contribution in [2.75, 3.05) is 13.1 Å². The fourth-order valence-electron chi connectivity index (χ4n) is 1.03. The van der Waals surface area contributed by atoms with Crippen molar-refractivity contribution in [3.8, 4) is 0 Å². The standard InChI is InChI=1S/C6H14N2.2ClH/c1-5-4-8-3-2-6(5)7;;/h5-6,8H,2-4,7H2,1H3;2*1H/t5-,6+;;/m0../s1. The zero-order chi connectivity index (χ0) is 5.98. The maximum Gasteiger partial charge on any atom is 0.00887 e. The molecule has 0 aromatic carbocycles. The quantitative estimate of drug-likeness (QED) is 0.588. The van der Waals surface area contributed by atoms with Gasteiger partial charge in [-0.1, -0.05) is 6.92 Å². The Kier molecular flexibility index (Phi) is 8.17. The van der Waals surface area contributed by atoms with Crippen LogP contribution >= 0.6 is 24.8 Å². The van der Waals surface area contributed by atoms with Crippen LogP contribution in [0.1, 0.15) is 13.3 Å². The van der Waals surface area contributed by atoms with E-state index in [9.17, 15) is 0 Å². The molecule has 1 heterocycles. The number of nitrogens with two attached hydrogens (primary N) is 1. The van der Waals surface area contributed by atoms with E-state index in [0.717, 1.165) is 19.5 Å². The maximum absolute atomic E-state index is 5.74. The molecule has 2 atom stereocenters. The first-order chi connectivity index (χ1) is 3.80. The molecule has 0 amide bonds. The third-order valence-corrected chi connectivity index (χ3v) is 1.85.